The Labute approximate surface area is 150 Å². The van der Waals surface area contributed by atoms with Crippen LogP contribution in [0.25, 0.3) is 20.7 Å². The van der Waals surface area contributed by atoms with Crippen molar-refractivity contribution in [2.75, 3.05) is 0 Å². The molecule has 1 aromatic carbocycles. The largest absolute Gasteiger partial charge is 0.370 e. The van der Waals surface area contributed by atoms with Gasteiger partial charge in [0.2, 0.25) is 0 Å². The summed E-state index contributed by atoms with van der Waals surface area (Å²) in [7, 11) is 0. The molecule has 0 spiro atoms. The Balaban J connectivity index is 1.58. The molecule has 2 aromatic heterocycles. The SMILES string of the molecule is CC1CCCCC1OCc1nc2sc(-c3ccccc3)cc2c(=O)[nH]1. The fourth-order valence-electron chi connectivity index (χ4n) is 3.50. The minimum Gasteiger partial charge on any atom is -0.370 e. The lowest BCUT2D eigenvalue weighted by Crippen LogP contribution is -2.26. The third-order valence-electron chi connectivity index (χ3n) is 4.98. The van der Waals surface area contributed by atoms with Crippen LogP contribution in [-0.2, 0) is 11.3 Å². The first kappa shape index (κ1) is 16.5. The smallest absolute Gasteiger partial charge is 0.259 e. The molecule has 0 bridgehead atoms. The van der Waals surface area contributed by atoms with Crippen molar-refractivity contribution in [3.63, 3.8) is 0 Å². The summed E-state index contributed by atoms with van der Waals surface area (Å²) in [6, 6.07) is 12.0. The van der Waals surface area contributed by atoms with Crippen molar-refractivity contribution in [2.45, 2.75) is 45.3 Å². The van der Waals surface area contributed by atoms with E-state index in [1.807, 2.05) is 36.4 Å². The second-order valence-electron chi connectivity index (χ2n) is 6.82. The molecule has 0 aliphatic heterocycles. The van der Waals surface area contributed by atoms with Gasteiger partial charge in [0.1, 0.15) is 17.3 Å². The minimum absolute atomic E-state index is 0.0845. The molecule has 0 radical (unpaired) electrons. The molecule has 3 aromatic rings. The molecule has 4 nitrogen and oxygen atoms in total. The van der Waals surface area contributed by atoms with Gasteiger partial charge in [-0.05, 0) is 30.4 Å². The lowest BCUT2D eigenvalue weighted by atomic mass is 9.88. The van der Waals surface area contributed by atoms with E-state index in [9.17, 15) is 4.79 Å². The number of rotatable bonds is 4. The molecular formula is C20H22N2O2S. The van der Waals surface area contributed by atoms with Gasteiger partial charge in [0.25, 0.3) is 5.56 Å². The van der Waals surface area contributed by atoms with Gasteiger partial charge in [0.05, 0.1) is 11.5 Å². The predicted molar refractivity (Wildman–Crippen MR) is 102 cm³/mol. The number of H-pyrrole nitrogens is 1. The first-order valence-corrected chi connectivity index (χ1v) is 9.72. The van der Waals surface area contributed by atoms with Crippen molar-refractivity contribution in [3.05, 3.63) is 52.6 Å². The van der Waals surface area contributed by atoms with Crippen LogP contribution in [0.5, 0.6) is 0 Å². The van der Waals surface area contributed by atoms with Gasteiger partial charge in [-0.2, -0.15) is 0 Å². The van der Waals surface area contributed by atoms with Crippen LogP contribution in [0.1, 0.15) is 38.4 Å². The van der Waals surface area contributed by atoms with Crippen molar-refractivity contribution in [2.24, 2.45) is 5.92 Å². The highest BCUT2D eigenvalue weighted by Crippen LogP contribution is 2.31. The Morgan fingerprint density at radius 1 is 1.24 bits per heavy atom. The second kappa shape index (κ2) is 7.10. The van der Waals surface area contributed by atoms with Gasteiger partial charge < -0.3 is 9.72 Å². The molecule has 1 N–H and O–H groups in total. The van der Waals surface area contributed by atoms with Gasteiger partial charge in [0, 0.05) is 4.88 Å². The second-order valence-corrected chi connectivity index (χ2v) is 7.85. The number of hydrogen-bond donors (Lipinski definition) is 1. The maximum Gasteiger partial charge on any atom is 0.259 e. The van der Waals surface area contributed by atoms with E-state index < -0.39 is 0 Å². The maximum atomic E-state index is 12.4. The molecular weight excluding hydrogens is 332 g/mol. The Bertz CT molecular complexity index is 916. The molecule has 4 rings (SSSR count). The zero-order valence-corrected chi connectivity index (χ0v) is 15.1. The lowest BCUT2D eigenvalue weighted by Gasteiger charge is -2.28. The van der Waals surface area contributed by atoms with Crippen molar-refractivity contribution in [1.29, 1.82) is 0 Å². The zero-order chi connectivity index (χ0) is 17.2. The first-order chi connectivity index (χ1) is 12.2. The van der Waals surface area contributed by atoms with Gasteiger partial charge in [-0.25, -0.2) is 4.98 Å². The molecule has 2 atom stereocenters. The first-order valence-electron chi connectivity index (χ1n) is 8.90. The van der Waals surface area contributed by atoms with E-state index in [1.54, 1.807) is 11.3 Å². The number of nitrogens with zero attached hydrogens (tertiary/aromatic N) is 1. The summed E-state index contributed by atoms with van der Waals surface area (Å²) in [5.41, 5.74) is 1.03. The number of fused-ring (bicyclic) bond motifs is 1. The van der Waals surface area contributed by atoms with Crippen LogP contribution in [0, 0.1) is 5.92 Å². The summed E-state index contributed by atoms with van der Waals surface area (Å²) < 4.78 is 6.05. The summed E-state index contributed by atoms with van der Waals surface area (Å²) in [6.07, 6.45) is 5.12. The summed E-state index contributed by atoms with van der Waals surface area (Å²) in [4.78, 5) is 21.8. The monoisotopic (exact) mass is 354 g/mol. The van der Waals surface area contributed by atoms with E-state index in [0.29, 0.717) is 23.7 Å². The van der Waals surface area contributed by atoms with Crippen molar-refractivity contribution in [1.82, 2.24) is 9.97 Å². The number of nitrogens with one attached hydrogen (secondary N) is 1. The van der Waals surface area contributed by atoms with Crippen LogP contribution >= 0.6 is 11.3 Å². The Hall–Kier alpha value is -1.98. The summed E-state index contributed by atoms with van der Waals surface area (Å²) in [5, 5.41) is 0.652. The van der Waals surface area contributed by atoms with Crippen molar-refractivity contribution < 1.29 is 4.74 Å². The van der Waals surface area contributed by atoms with E-state index in [0.717, 1.165) is 21.7 Å². The molecule has 5 heteroatoms. The molecule has 1 saturated carbocycles. The molecule has 1 aliphatic rings. The fourth-order valence-corrected chi connectivity index (χ4v) is 4.56. The number of aromatic amines is 1. The van der Waals surface area contributed by atoms with E-state index in [2.05, 4.69) is 16.9 Å². The maximum absolute atomic E-state index is 12.4. The highest BCUT2D eigenvalue weighted by molar-refractivity contribution is 7.21. The number of thiophene rings is 1. The summed E-state index contributed by atoms with van der Waals surface area (Å²) in [5.74, 6) is 1.20. The van der Waals surface area contributed by atoms with E-state index >= 15 is 0 Å². The van der Waals surface area contributed by atoms with Gasteiger partial charge in [-0.15, -0.1) is 11.3 Å². The standard InChI is InChI=1S/C20H22N2O2S/c1-13-7-5-6-10-16(13)24-12-18-21-19(23)15-11-17(25-20(15)22-18)14-8-3-2-4-9-14/h2-4,8-9,11,13,16H,5-7,10,12H2,1H3,(H,21,22,23). The Kier molecular flexibility index (Phi) is 4.68. The average molecular weight is 354 g/mol. The van der Waals surface area contributed by atoms with Crippen LogP contribution in [0.15, 0.2) is 41.2 Å². The van der Waals surface area contributed by atoms with Crippen molar-refractivity contribution in [3.8, 4) is 10.4 Å². The number of ether oxygens (including phenoxy) is 1. The van der Waals surface area contributed by atoms with Crippen LogP contribution in [0.3, 0.4) is 0 Å². The number of aromatic nitrogens is 2. The molecule has 25 heavy (non-hydrogen) atoms. The lowest BCUT2D eigenvalue weighted by molar-refractivity contribution is -0.0181. The van der Waals surface area contributed by atoms with Gasteiger partial charge in [-0.3, -0.25) is 4.79 Å². The van der Waals surface area contributed by atoms with Crippen LogP contribution in [0.4, 0.5) is 0 Å². The molecule has 0 amide bonds. The van der Waals surface area contributed by atoms with Gasteiger partial charge >= 0.3 is 0 Å². The van der Waals surface area contributed by atoms with E-state index in [-0.39, 0.29) is 11.7 Å². The molecule has 0 saturated heterocycles. The summed E-state index contributed by atoms with van der Waals surface area (Å²) >= 11 is 1.55. The zero-order valence-electron chi connectivity index (χ0n) is 14.3. The van der Waals surface area contributed by atoms with Crippen LogP contribution in [-0.4, -0.2) is 16.1 Å². The van der Waals surface area contributed by atoms with Crippen LogP contribution in [0.2, 0.25) is 0 Å². The third kappa shape index (κ3) is 3.53. The quantitative estimate of drug-likeness (QED) is 0.736. The fraction of sp³-hybridized carbons (Fsp3) is 0.400. The van der Waals surface area contributed by atoms with Gasteiger partial charge in [0.15, 0.2) is 0 Å². The van der Waals surface area contributed by atoms with E-state index in [4.69, 9.17) is 4.74 Å². The molecule has 2 heterocycles. The Morgan fingerprint density at radius 2 is 2.04 bits per heavy atom. The van der Waals surface area contributed by atoms with E-state index in [1.165, 1.54) is 19.3 Å². The normalized spacial score (nSPS) is 20.8. The highest BCUT2D eigenvalue weighted by Gasteiger charge is 2.22. The van der Waals surface area contributed by atoms with Crippen LogP contribution < -0.4 is 5.56 Å². The highest BCUT2D eigenvalue weighted by atomic mass is 32.1. The minimum atomic E-state index is -0.0845. The van der Waals surface area contributed by atoms with Crippen molar-refractivity contribution >= 4 is 21.6 Å². The molecule has 130 valence electrons. The third-order valence-corrected chi connectivity index (χ3v) is 6.05. The molecule has 2 unspecified atom stereocenters. The molecule has 1 aliphatic carbocycles. The average Bonchev–Trinajstić information content (AvgIpc) is 3.07. The number of hydrogen-bond acceptors (Lipinski definition) is 4. The topological polar surface area (TPSA) is 55.0 Å². The molecule has 1 fully saturated rings. The summed E-state index contributed by atoms with van der Waals surface area (Å²) in [6.45, 7) is 2.62. The van der Waals surface area contributed by atoms with Gasteiger partial charge in [-0.1, -0.05) is 50.1 Å². The predicted octanol–water partition coefficient (Wildman–Crippen LogP) is 4.75. The Morgan fingerprint density at radius 3 is 2.84 bits per heavy atom. The number of benzene rings is 1.